The minimum Gasteiger partial charge on any atom is -0.378 e. The monoisotopic (exact) mass is 308 g/mol. The molecule has 23 heavy (non-hydrogen) atoms. The zero-order valence-corrected chi connectivity index (χ0v) is 14.2. The number of nitrogens with zero attached hydrogens (tertiary/aromatic N) is 3. The van der Waals surface area contributed by atoms with E-state index in [0.29, 0.717) is 0 Å². The summed E-state index contributed by atoms with van der Waals surface area (Å²) in [6.45, 7) is 4.45. The summed E-state index contributed by atoms with van der Waals surface area (Å²) >= 11 is 0. The third-order valence-corrected chi connectivity index (χ3v) is 4.09. The van der Waals surface area contributed by atoms with Crippen LogP contribution in [0.2, 0.25) is 0 Å². The van der Waals surface area contributed by atoms with Crippen LogP contribution in [0, 0.1) is 0 Å². The Labute approximate surface area is 138 Å². The number of hydrogen-bond acceptors (Lipinski definition) is 3. The Morgan fingerprint density at radius 3 is 2.26 bits per heavy atom. The molecule has 4 nitrogen and oxygen atoms in total. The van der Waals surface area contributed by atoms with E-state index in [9.17, 15) is 0 Å². The fourth-order valence-corrected chi connectivity index (χ4v) is 2.85. The van der Waals surface area contributed by atoms with Crippen molar-refractivity contribution < 1.29 is 0 Å². The van der Waals surface area contributed by atoms with E-state index in [0.717, 1.165) is 23.6 Å². The van der Waals surface area contributed by atoms with E-state index in [2.05, 4.69) is 77.7 Å². The number of para-hydroxylation sites is 1. The number of nitrogens with one attached hydrogen (secondary N) is 1. The molecule has 0 atom stereocenters. The van der Waals surface area contributed by atoms with Gasteiger partial charge in [-0.05, 0) is 50.2 Å². The lowest BCUT2D eigenvalue weighted by molar-refractivity contribution is 0.507. The molecule has 0 amide bonds. The smallest absolute Gasteiger partial charge is 0.123 e. The van der Waals surface area contributed by atoms with Gasteiger partial charge in [0.15, 0.2) is 0 Å². The lowest BCUT2D eigenvalue weighted by atomic mass is 10.0. The van der Waals surface area contributed by atoms with Crippen molar-refractivity contribution in [3.05, 3.63) is 54.6 Å². The fraction of sp³-hybridized carbons (Fsp3) is 0.316. The van der Waals surface area contributed by atoms with Gasteiger partial charge >= 0.3 is 0 Å². The molecule has 0 radical (unpaired) electrons. The van der Waals surface area contributed by atoms with Crippen molar-refractivity contribution >= 4 is 22.9 Å². The SMILES string of the molecule is CN(C)c1ccc(N=C2CC(C)(C)N(c3ccccc3)N2)cc1. The second-order valence-electron chi connectivity index (χ2n) is 6.74. The quantitative estimate of drug-likeness (QED) is 0.930. The molecule has 4 heteroatoms. The second kappa shape index (κ2) is 5.95. The number of benzene rings is 2. The Morgan fingerprint density at radius 2 is 1.65 bits per heavy atom. The van der Waals surface area contributed by atoms with Gasteiger partial charge in [0.25, 0.3) is 0 Å². The largest absolute Gasteiger partial charge is 0.378 e. The number of aliphatic imine (C=N–C) groups is 1. The second-order valence-corrected chi connectivity index (χ2v) is 6.74. The minimum absolute atomic E-state index is 0.0102. The Hall–Kier alpha value is -2.49. The van der Waals surface area contributed by atoms with Crippen LogP contribution in [0.4, 0.5) is 17.1 Å². The maximum Gasteiger partial charge on any atom is 0.123 e. The zero-order valence-electron chi connectivity index (χ0n) is 14.2. The molecule has 0 saturated carbocycles. The van der Waals surface area contributed by atoms with Gasteiger partial charge < -0.3 is 4.90 Å². The molecule has 0 aliphatic carbocycles. The zero-order chi connectivity index (χ0) is 16.4. The molecule has 1 saturated heterocycles. The first-order chi connectivity index (χ1) is 11.0. The minimum atomic E-state index is -0.0102. The number of amidine groups is 1. The first-order valence-corrected chi connectivity index (χ1v) is 7.93. The molecule has 2 aromatic rings. The molecule has 1 aliphatic heterocycles. The van der Waals surface area contributed by atoms with Crippen LogP contribution in [0.3, 0.4) is 0 Å². The molecule has 0 bridgehead atoms. The topological polar surface area (TPSA) is 30.9 Å². The third kappa shape index (κ3) is 3.31. The molecule has 0 spiro atoms. The van der Waals surface area contributed by atoms with Gasteiger partial charge in [-0.3, -0.25) is 10.4 Å². The van der Waals surface area contributed by atoms with Crippen molar-refractivity contribution in [1.82, 2.24) is 5.43 Å². The van der Waals surface area contributed by atoms with Gasteiger partial charge in [0.2, 0.25) is 0 Å². The molecular formula is C19H24N4. The summed E-state index contributed by atoms with van der Waals surface area (Å²) in [6, 6.07) is 18.7. The normalized spacial score (nSPS) is 18.1. The van der Waals surface area contributed by atoms with Crippen LogP contribution < -0.4 is 15.3 Å². The van der Waals surface area contributed by atoms with E-state index in [1.807, 2.05) is 20.2 Å². The molecule has 1 aliphatic rings. The molecule has 1 heterocycles. The number of hydrogen-bond donors (Lipinski definition) is 1. The van der Waals surface area contributed by atoms with Crippen molar-refractivity contribution in [3.8, 4) is 0 Å². The van der Waals surface area contributed by atoms with Gasteiger partial charge in [0, 0.05) is 26.2 Å². The first-order valence-electron chi connectivity index (χ1n) is 7.93. The van der Waals surface area contributed by atoms with Crippen LogP contribution in [-0.2, 0) is 0 Å². The fourth-order valence-electron chi connectivity index (χ4n) is 2.85. The van der Waals surface area contributed by atoms with Gasteiger partial charge in [-0.1, -0.05) is 18.2 Å². The molecule has 120 valence electrons. The van der Waals surface area contributed by atoms with Crippen LogP contribution in [0.15, 0.2) is 59.6 Å². The van der Waals surface area contributed by atoms with Crippen molar-refractivity contribution in [2.75, 3.05) is 24.0 Å². The van der Waals surface area contributed by atoms with Crippen molar-refractivity contribution in [3.63, 3.8) is 0 Å². The molecule has 2 aromatic carbocycles. The van der Waals surface area contributed by atoms with Crippen LogP contribution in [-0.4, -0.2) is 25.5 Å². The summed E-state index contributed by atoms with van der Waals surface area (Å²) in [7, 11) is 4.08. The standard InChI is InChI=1S/C19H24N4/c1-19(2)14-18(21-23(19)17-8-6-5-7-9-17)20-15-10-12-16(13-11-15)22(3)4/h5-13H,14H2,1-4H3,(H,20,21). The van der Waals surface area contributed by atoms with Gasteiger partial charge in [0.05, 0.1) is 16.9 Å². The highest BCUT2D eigenvalue weighted by Gasteiger charge is 2.36. The average Bonchev–Trinajstić information content (AvgIpc) is 2.83. The maximum atomic E-state index is 4.78. The predicted molar refractivity (Wildman–Crippen MR) is 98.6 cm³/mol. The summed E-state index contributed by atoms with van der Waals surface area (Å²) < 4.78 is 0. The molecular weight excluding hydrogens is 284 g/mol. The van der Waals surface area contributed by atoms with Gasteiger partial charge in [-0.25, -0.2) is 4.99 Å². The van der Waals surface area contributed by atoms with Crippen molar-refractivity contribution in [1.29, 1.82) is 0 Å². The summed E-state index contributed by atoms with van der Waals surface area (Å²) in [5.41, 5.74) is 6.76. The van der Waals surface area contributed by atoms with E-state index >= 15 is 0 Å². The highest BCUT2D eigenvalue weighted by molar-refractivity contribution is 5.90. The molecule has 1 N–H and O–H groups in total. The van der Waals surface area contributed by atoms with E-state index in [4.69, 9.17) is 4.99 Å². The average molecular weight is 308 g/mol. The van der Waals surface area contributed by atoms with Gasteiger partial charge in [-0.2, -0.15) is 0 Å². The van der Waals surface area contributed by atoms with Crippen LogP contribution >= 0.6 is 0 Å². The molecule has 0 unspecified atom stereocenters. The number of anilines is 2. The third-order valence-electron chi connectivity index (χ3n) is 4.09. The lowest BCUT2D eigenvalue weighted by Crippen LogP contribution is -2.44. The Balaban J connectivity index is 1.82. The number of rotatable bonds is 3. The van der Waals surface area contributed by atoms with Crippen molar-refractivity contribution in [2.45, 2.75) is 25.8 Å². The van der Waals surface area contributed by atoms with Crippen molar-refractivity contribution in [2.24, 2.45) is 4.99 Å². The maximum absolute atomic E-state index is 4.78. The highest BCUT2D eigenvalue weighted by atomic mass is 15.6. The van der Waals surface area contributed by atoms with Gasteiger partial charge in [0.1, 0.15) is 5.84 Å². The summed E-state index contributed by atoms with van der Waals surface area (Å²) in [6.07, 6.45) is 0.886. The van der Waals surface area contributed by atoms with Crippen LogP contribution in [0.1, 0.15) is 20.3 Å². The van der Waals surface area contributed by atoms with E-state index in [-0.39, 0.29) is 5.54 Å². The Bertz CT molecular complexity index is 687. The Morgan fingerprint density at radius 1 is 1.00 bits per heavy atom. The Kier molecular flexibility index (Phi) is 3.99. The molecule has 1 fully saturated rings. The van der Waals surface area contributed by atoms with Crippen LogP contribution in [0.5, 0.6) is 0 Å². The summed E-state index contributed by atoms with van der Waals surface area (Å²) in [4.78, 5) is 6.86. The van der Waals surface area contributed by atoms with E-state index in [1.165, 1.54) is 5.69 Å². The predicted octanol–water partition coefficient (Wildman–Crippen LogP) is 3.98. The highest BCUT2D eigenvalue weighted by Crippen LogP contribution is 2.30. The molecule has 0 aromatic heterocycles. The summed E-state index contributed by atoms with van der Waals surface area (Å²) in [5.74, 6) is 0.997. The summed E-state index contributed by atoms with van der Waals surface area (Å²) in [5, 5.41) is 2.19. The van der Waals surface area contributed by atoms with Crippen LogP contribution in [0.25, 0.3) is 0 Å². The lowest BCUT2D eigenvalue weighted by Gasteiger charge is -2.31. The van der Waals surface area contributed by atoms with E-state index < -0.39 is 0 Å². The molecule has 3 rings (SSSR count). The van der Waals surface area contributed by atoms with E-state index in [1.54, 1.807) is 0 Å². The first kappa shape index (κ1) is 15.4. The number of hydrazine groups is 1. The van der Waals surface area contributed by atoms with Gasteiger partial charge in [-0.15, -0.1) is 0 Å².